The summed E-state index contributed by atoms with van der Waals surface area (Å²) in [5, 5.41) is 2.16. The topological polar surface area (TPSA) is 45.2 Å². The number of amides is 1. The van der Waals surface area contributed by atoms with Crippen molar-refractivity contribution in [2.24, 2.45) is 0 Å². The van der Waals surface area contributed by atoms with E-state index in [0.717, 1.165) is 36.7 Å². The van der Waals surface area contributed by atoms with Crippen molar-refractivity contribution in [3.63, 3.8) is 0 Å². The molecule has 2 saturated heterocycles. The molecule has 2 atom stereocenters. The van der Waals surface area contributed by atoms with Crippen LogP contribution in [0, 0.1) is 0 Å². The van der Waals surface area contributed by atoms with Gasteiger partial charge in [0, 0.05) is 18.8 Å². The van der Waals surface area contributed by atoms with Gasteiger partial charge in [-0.3, -0.25) is 14.7 Å². The number of alkyl halides is 3. The maximum absolute atomic E-state index is 13.1. The maximum atomic E-state index is 13.1. The number of fused-ring (bicyclic) bond motifs is 1. The van der Waals surface area contributed by atoms with Gasteiger partial charge in [0.05, 0.1) is 27.9 Å². The third-order valence-corrected chi connectivity index (χ3v) is 6.72. The van der Waals surface area contributed by atoms with E-state index in [2.05, 4.69) is 15.2 Å². The second-order valence-corrected chi connectivity index (χ2v) is 8.61. The Morgan fingerprint density at radius 2 is 1.91 bits per heavy atom. The van der Waals surface area contributed by atoms with E-state index >= 15 is 0 Å². The van der Waals surface area contributed by atoms with E-state index in [0.29, 0.717) is 6.04 Å². The zero-order chi connectivity index (χ0) is 22.0. The lowest BCUT2D eigenvalue weighted by Gasteiger charge is -2.45. The van der Waals surface area contributed by atoms with Crippen LogP contribution in [0.3, 0.4) is 0 Å². The van der Waals surface area contributed by atoms with Crippen molar-refractivity contribution in [3.8, 4) is 0 Å². The standard InChI is InChI=1S/C23H25ClF3N3O.ClH/c24-20-17(9-4-10-18(20)23(25,26)27)22(31)29-14-15-6-5-12-28-21(15)19-11-3-8-16-7-1-2-13-30(16)19;/h4-6,9-10,12,16,19H,1-3,7-8,11,13-14H2,(H,29,31);1H. The zero-order valence-corrected chi connectivity index (χ0v) is 19.1. The van der Waals surface area contributed by atoms with Gasteiger partial charge < -0.3 is 5.32 Å². The predicted octanol–water partition coefficient (Wildman–Crippen LogP) is 6.19. The average Bonchev–Trinajstić information content (AvgIpc) is 2.76. The van der Waals surface area contributed by atoms with Crippen molar-refractivity contribution < 1.29 is 18.0 Å². The highest BCUT2D eigenvalue weighted by atomic mass is 35.5. The molecule has 0 saturated carbocycles. The van der Waals surface area contributed by atoms with Gasteiger partial charge in [-0.15, -0.1) is 12.4 Å². The highest BCUT2D eigenvalue weighted by Gasteiger charge is 2.36. The number of hydrogen-bond acceptors (Lipinski definition) is 3. The Kier molecular flexibility index (Phi) is 8.06. The van der Waals surface area contributed by atoms with Crippen molar-refractivity contribution in [2.75, 3.05) is 6.54 Å². The van der Waals surface area contributed by atoms with Gasteiger partial charge in [0.15, 0.2) is 0 Å². The van der Waals surface area contributed by atoms with Crippen LogP contribution in [-0.2, 0) is 12.7 Å². The highest BCUT2D eigenvalue weighted by molar-refractivity contribution is 6.34. The van der Waals surface area contributed by atoms with E-state index in [1.165, 1.54) is 37.8 Å². The Morgan fingerprint density at radius 1 is 1.12 bits per heavy atom. The summed E-state index contributed by atoms with van der Waals surface area (Å²) in [6.07, 6.45) is 4.18. The lowest BCUT2D eigenvalue weighted by atomic mass is 9.86. The van der Waals surface area contributed by atoms with E-state index in [1.807, 2.05) is 12.1 Å². The molecule has 2 unspecified atom stereocenters. The number of piperidine rings is 2. The van der Waals surface area contributed by atoms with Crippen molar-refractivity contribution in [1.29, 1.82) is 0 Å². The average molecular weight is 488 g/mol. The minimum absolute atomic E-state index is 0. The first-order chi connectivity index (χ1) is 14.9. The summed E-state index contributed by atoms with van der Waals surface area (Å²) in [6, 6.07) is 7.90. The monoisotopic (exact) mass is 487 g/mol. The van der Waals surface area contributed by atoms with E-state index in [9.17, 15) is 18.0 Å². The fourth-order valence-corrected chi connectivity index (χ4v) is 5.17. The highest BCUT2D eigenvalue weighted by Crippen LogP contribution is 2.39. The van der Waals surface area contributed by atoms with E-state index < -0.39 is 22.7 Å². The number of halogens is 5. The van der Waals surface area contributed by atoms with Crippen molar-refractivity contribution in [3.05, 3.63) is 63.9 Å². The number of pyridine rings is 1. The number of rotatable bonds is 4. The molecular weight excluding hydrogens is 462 g/mol. The van der Waals surface area contributed by atoms with E-state index in [-0.39, 0.29) is 30.6 Å². The molecule has 0 radical (unpaired) electrons. The smallest absolute Gasteiger partial charge is 0.348 e. The van der Waals surface area contributed by atoms with E-state index in [1.54, 1.807) is 6.20 Å². The Hall–Kier alpha value is -1.83. The van der Waals surface area contributed by atoms with Crippen molar-refractivity contribution in [2.45, 2.75) is 63.3 Å². The largest absolute Gasteiger partial charge is 0.417 e. The summed E-state index contributed by atoms with van der Waals surface area (Å²) in [4.78, 5) is 19.8. The second-order valence-electron chi connectivity index (χ2n) is 8.23. The molecule has 1 aromatic heterocycles. The van der Waals surface area contributed by atoms with Gasteiger partial charge in [-0.2, -0.15) is 13.2 Å². The Morgan fingerprint density at radius 3 is 2.69 bits per heavy atom. The fraction of sp³-hybridized carbons (Fsp3) is 0.478. The van der Waals surface area contributed by atoms with Crippen molar-refractivity contribution in [1.82, 2.24) is 15.2 Å². The van der Waals surface area contributed by atoms with E-state index in [4.69, 9.17) is 11.6 Å². The quantitative estimate of drug-likeness (QED) is 0.559. The van der Waals surface area contributed by atoms with Gasteiger partial charge >= 0.3 is 6.18 Å². The molecule has 1 amide bonds. The van der Waals surface area contributed by atoms with Crippen LogP contribution in [0.25, 0.3) is 0 Å². The molecule has 9 heteroatoms. The summed E-state index contributed by atoms with van der Waals surface area (Å²) in [5.41, 5.74) is 0.637. The zero-order valence-electron chi connectivity index (χ0n) is 17.5. The van der Waals surface area contributed by atoms with Gasteiger partial charge in [-0.05, 0) is 62.4 Å². The molecule has 1 aromatic carbocycles. The van der Waals surface area contributed by atoms with Gasteiger partial charge in [0.1, 0.15) is 0 Å². The SMILES string of the molecule is Cl.O=C(NCc1cccnc1C1CCCC2CCCCN21)c1cccc(C(F)(F)F)c1Cl. The molecule has 0 aliphatic carbocycles. The van der Waals surface area contributed by atoms with Crippen LogP contribution in [0.1, 0.15) is 71.7 Å². The molecule has 2 aromatic rings. The number of carbonyl (C=O) groups is 1. The number of nitrogens with zero attached hydrogens (tertiary/aromatic N) is 2. The Balaban J connectivity index is 0.00000289. The molecule has 2 aliphatic heterocycles. The lowest BCUT2D eigenvalue weighted by molar-refractivity contribution is -0.137. The third-order valence-electron chi connectivity index (χ3n) is 6.32. The van der Waals surface area contributed by atoms with Gasteiger partial charge in [0.25, 0.3) is 5.91 Å². The van der Waals surface area contributed by atoms with Crippen LogP contribution in [0.4, 0.5) is 13.2 Å². The van der Waals surface area contributed by atoms with Gasteiger partial charge in [-0.1, -0.05) is 30.2 Å². The molecule has 2 fully saturated rings. The first-order valence-electron chi connectivity index (χ1n) is 10.7. The molecule has 3 heterocycles. The number of aromatic nitrogens is 1. The minimum atomic E-state index is -4.62. The molecular formula is C23H26Cl2F3N3O. The van der Waals surface area contributed by atoms with Crippen LogP contribution < -0.4 is 5.32 Å². The first-order valence-corrected chi connectivity index (χ1v) is 11.1. The van der Waals surface area contributed by atoms with Crippen LogP contribution in [0.5, 0.6) is 0 Å². The molecule has 174 valence electrons. The summed E-state index contributed by atoms with van der Waals surface area (Å²) >= 11 is 5.90. The summed E-state index contributed by atoms with van der Waals surface area (Å²) in [7, 11) is 0. The van der Waals surface area contributed by atoms with Gasteiger partial charge in [0.2, 0.25) is 0 Å². The van der Waals surface area contributed by atoms with Crippen LogP contribution >= 0.6 is 24.0 Å². The summed E-state index contributed by atoms with van der Waals surface area (Å²) < 4.78 is 39.3. The first kappa shape index (κ1) is 24.8. The van der Waals surface area contributed by atoms with Gasteiger partial charge in [-0.25, -0.2) is 0 Å². The van der Waals surface area contributed by atoms with Crippen LogP contribution in [0.15, 0.2) is 36.5 Å². The number of carbonyl (C=O) groups excluding carboxylic acids is 1. The Bertz CT molecular complexity index is 952. The second kappa shape index (κ2) is 10.4. The molecule has 32 heavy (non-hydrogen) atoms. The molecule has 2 aliphatic rings. The summed E-state index contributed by atoms with van der Waals surface area (Å²) in [5.74, 6) is -0.634. The number of hydrogen-bond donors (Lipinski definition) is 1. The molecule has 1 N–H and O–H groups in total. The number of nitrogens with one attached hydrogen (secondary N) is 1. The Labute approximate surface area is 196 Å². The lowest BCUT2D eigenvalue weighted by Crippen LogP contribution is -2.45. The maximum Gasteiger partial charge on any atom is 0.417 e. The third kappa shape index (κ3) is 5.21. The molecule has 4 nitrogen and oxygen atoms in total. The molecule has 0 bridgehead atoms. The fourth-order valence-electron chi connectivity index (χ4n) is 4.85. The number of benzene rings is 1. The normalized spacial score (nSPS) is 21.4. The summed E-state index contributed by atoms with van der Waals surface area (Å²) in [6.45, 7) is 1.24. The van der Waals surface area contributed by atoms with Crippen LogP contribution in [-0.4, -0.2) is 28.4 Å². The predicted molar refractivity (Wildman–Crippen MR) is 120 cm³/mol. The molecule has 0 spiro atoms. The van der Waals surface area contributed by atoms with Crippen molar-refractivity contribution >= 4 is 29.9 Å². The van der Waals surface area contributed by atoms with Crippen LogP contribution in [0.2, 0.25) is 5.02 Å². The molecule has 4 rings (SSSR count). The minimum Gasteiger partial charge on any atom is -0.348 e.